The molecule has 2 aromatic carbocycles. The van der Waals surface area contributed by atoms with Crippen molar-refractivity contribution in [2.75, 3.05) is 13.7 Å². The highest BCUT2D eigenvalue weighted by molar-refractivity contribution is 5.93. The summed E-state index contributed by atoms with van der Waals surface area (Å²) in [6.45, 7) is 5.57. The van der Waals surface area contributed by atoms with E-state index < -0.39 is 0 Å². The molecule has 1 heterocycles. The molecule has 0 aliphatic carbocycles. The van der Waals surface area contributed by atoms with E-state index in [1.165, 1.54) is 0 Å². The molecule has 0 aliphatic rings. The summed E-state index contributed by atoms with van der Waals surface area (Å²) in [7, 11) is 1.66. The minimum Gasteiger partial charge on any atom is -0.497 e. The number of benzene rings is 2. The van der Waals surface area contributed by atoms with E-state index in [2.05, 4.69) is 35.8 Å². The Balaban J connectivity index is 2.24. The van der Waals surface area contributed by atoms with Crippen molar-refractivity contribution < 1.29 is 9.47 Å². The number of aromatic nitrogens is 1. The third-order valence-corrected chi connectivity index (χ3v) is 4.39. The van der Waals surface area contributed by atoms with Crippen LogP contribution in [-0.2, 0) is 13.0 Å². The lowest BCUT2D eigenvalue weighted by molar-refractivity contribution is 0.340. The van der Waals surface area contributed by atoms with Crippen molar-refractivity contribution in [1.82, 2.24) is 4.57 Å². The highest BCUT2D eigenvalue weighted by Gasteiger charge is 2.18. The summed E-state index contributed by atoms with van der Waals surface area (Å²) < 4.78 is 13.2. The smallest absolute Gasteiger partial charge is 0.119 e. The average molecular weight is 334 g/mol. The summed E-state index contributed by atoms with van der Waals surface area (Å²) in [5, 5.41) is 10.4. The minimum atomic E-state index is 0.360. The van der Waals surface area contributed by atoms with Gasteiger partial charge in [-0.1, -0.05) is 0 Å². The monoisotopic (exact) mass is 334 g/mol. The van der Waals surface area contributed by atoms with Crippen molar-refractivity contribution in [1.29, 1.82) is 5.26 Å². The van der Waals surface area contributed by atoms with Crippen molar-refractivity contribution in [3.63, 3.8) is 0 Å². The van der Waals surface area contributed by atoms with Gasteiger partial charge in [0.2, 0.25) is 0 Å². The van der Waals surface area contributed by atoms with Gasteiger partial charge in [-0.25, -0.2) is 0 Å². The molecule has 0 fully saturated rings. The van der Waals surface area contributed by atoms with Gasteiger partial charge in [0, 0.05) is 17.4 Å². The summed E-state index contributed by atoms with van der Waals surface area (Å²) in [6, 6.07) is 16.4. The molecule has 0 amide bonds. The first-order valence-electron chi connectivity index (χ1n) is 8.52. The van der Waals surface area contributed by atoms with E-state index >= 15 is 0 Å². The van der Waals surface area contributed by atoms with Crippen LogP contribution in [0.1, 0.15) is 19.4 Å². The number of hydrogen-bond donors (Lipinski definition) is 0. The molecule has 0 saturated carbocycles. The quantitative estimate of drug-likeness (QED) is 0.650. The molecular weight excluding hydrogens is 312 g/mol. The lowest BCUT2D eigenvalue weighted by atomic mass is 10.0. The van der Waals surface area contributed by atoms with Crippen LogP contribution in [-0.4, -0.2) is 18.3 Å². The molecule has 3 rings (SSSR count). The first-order chi connectivity index (χ1) is 12.2. The second-order valence-electron chi connectivity index (χ2n) is 5.75. The molecule has 0 unspecified atom stereocenters. The molecule has 0 saturated heterocycles. The first-order valence-corrected chi connectivity index (χ1v) is 8.52. The second-order valence-corrected chi connectivity index (χ2v) is 5.75. The minimum absolute atomic E-state index is 0.360. The average Bonchev–Trinajstić information content (AvgIpc) is 2.95. The molecule has 3 aromatic rings. The Morgan fingerprint density at radius 2 is 1.76 bits per heavy atom. The van der Waals surface area contributed by atoms with Gasteiger partial charge in [-0.15, -0.1) is 0 Å². The van der Waals surface area contributed by atoms with E-state index in [-0.39, 0.29) is 0 Å². The Hall–Kier alpha value is -2.93. The number of aryl methyl sites for hydroxylation is 1. The van der Waals surface area contributed by atoms with Gasteiger partial charge in [0.05, 0.1) is 31.9 Å². The molecule has 128 valence electrons. The van der Waals surface area contributed by atoms with Crippen LogP contribution in [0, 0.1) is 11.3 Å². The van der Waals surface area contributed by atoms with Crippen LogP contribution in [0.3, 0.4) is 0 Å². The van der Waals surface area contributed by atoms with Gasteiger partial charge in [0.15, 0.2) is 0 Å². The fraction of sp³-hybridized carbons (Fsp3) is 0.286. The normalized spacial score (nSPS) is 10.6. The molecule has 0 spiro atoms. The summed E-state index contributed by atoms with van der Waals surface area (Å²) in [6.07, 6.45) is 0.360. The van der Waals surface area contributed by atoms with E-state index in [1.54, 1.807) is 7.11 Å². The van der Waals surface area contributed by atoms with E-state index in [9.17, 15) is 5.26 Å². The lowest BCUT2D eigenvalue weighted by Gasteiger charge is -2.11. The summed E-state index contributed by atoms with van der Waals surface area (Å²) in [4.78, 5) is 0. The van der Waals surface area contributed by atoms with Crippen molar-refractivity contribution in [3.05, 3.63) is 48.0 Å². The number of nitriles is 1. The second kappa shape index (κ2) is 7.31. The highest BCUT2D eigenvalue weighted by atomic mass is 16.5. The molecule has 0 bridgehead atoms. The number of nitrogens with zero attached hydrogens (tertiary/aromatic N) is 2. The molecule has 4 nitrogen and oxygen atoms in total. The van der Waals surface area contributed by atoms with Crippen LogP contribution in [0.4, 0.5) is 0 Å². The summed E-state index contributed by atoms with van der Waals surface area (Å²) >= 11 is 0. The van der Waals surface area contributed by atoms with Crippen LogP contribution in [0.25, 0.3) is 22.2 Å². The largest absolute Gasteiger partial charge is 0.497 e. The van der Waals surface area contributed by atoms with Crippen LogP contribution < -0.4 is 9.47 Å². The zero-order chi connectivity index (χ0) is 17.8. The maximum absolute atomic E-state index is 9.36. The summed E-state index contributed by atoms with van der Waals surface area (Å²) in [5.74, 6) is 1.66. The first kappa shape index (κ1) is 16.9. The third kappa shape index (κ3) is 3.06. The Bertz CT molecular complexity index is 918. The van der Waals surface area contributed by atoms with E-state index in [0.29, 0.717) is 13.0 Å². The van der Waals surface area contributed by atoms with Gasteiger partial charge < -0.3 is 14.0 Å². The van der Waals surface area contributed by atoms with E-state index in [1.807, 2.05) is 31.2 Å². The van der Waals surface area contributed by atoms with E-state index in [4.69, 9.17) is 9.47 Å². The maximum Gasteiger partial charge on any atom is 0.119 e. The van der Waals surface area contributed by atoms with Crippen molar-refractivity contribution >= 4 is 10.9 Å². The van der Waals surface area contributed by atoms with Crippen molar-refractivity contribution in [2.45, 2.75) is 26.8 Å². The maximum atomic E-state index is 9.36. The Labute approximate surface area is 148 Å². The molecule has 25 heavy (non-hydrogen) atoms. The Morgan fingerprint density at radius 1 is 1.04 bits per heavy atom. The van der Waals surface area contributed by atoms with Gasteiger partial charge in [0.1, 0.15) is 11.5 Å². The fourth-order valence-electron chi connectivity index (χ4n) is 3.32. The van der Waals surface area contributed by atoms with Crippen LogP contribution >= 0.6 is 0 Å². The number of methoxy groups -OCH3 is 1. The zero-order valence-corrected chi connectivity index (χ0v) is 14.9. The van der Waals surface area contributed by atoms with Crippen molar-refractivity contribution in [2.24, 2.45) is 0 Å². The summed E-state index contributed by atoms with van der Waals surface area (Å²) in [5.41, 5.74) is 4.35. The predicted octanol–water partition coefficient (Wildman–Crippen LogP) is 4.80. The number of fused-ring (bicyclic) bond motifs is 1. The number of rotatable bonds is 6. The van der Waals surface area contributed by atoms with Crippen LogP contribution in [0.15, 0.2) is 42.5 Å². The number of ether oxygens (including phenoxy) is 2. The standard InChI is InChI=1S/C21H22N2O2/c1-4-23-20-11-10-17(24-3)14-19(20)18(12-13-22)21(23)15-6-8-16(9-7-15)25-5-2/h6-11,14H,4-5,12H2,1-3H3. The van der Waals surface area contributed by atoms with Crippen LogP contribution in [0.5, 0.6) is 11.5 Å². The Morgan fingerprint density at radius 3 is 2.36 bits per heavy atom. The van der Waals surface area contributed by atoms with Gasteiger partial charge in [-0.3, -0.25) is 0 Å². The molecule has 0 aliphatic heterocycles. The molecular formula is C21H22N2O2. The molecule has 1 aromatic heterocycles. The lowest BCUT2D eigenvalue weighted by Crippen LogP contribution is -1.98. The SMILES string of the molecule is CCOc1ccc(-c2c(CC#N)c3cc(OC)ccc3n2CC)cc1. The van der Waals surface area contributed by atoms with E-state index in [0.717, 1.165) is 45.8 Å². The molecule has 0 N–H and O–H groups in total. The van der Waals surface area contributed by atoms with Gasteiger partial charge in [-0.05, 0) is 67.4 Å². The molecule has 4 heteroatoms. The third-order valence-electron chi connectivity index (χ3n) is 4.39. The van der Waals surface area contributed by atoms with Gasteiger partial charge >= 0.3 is 0 Å². The molecule has 0 radical (unpaired) electrons. The Kier molecular flexibility index (Phi) is 4.95. The number of hydrogen-bond acceptors (Lipinski definition) is 3. The van der Waals surface area contributed by atoms with Crippen molar-refractivity contribution in [3.8, 4) is 28.8 Å². The van der Waals surface area contributed by atoms with Gasteiger partial charge in [0.25, 0.3) is 0 Å². The van der Waals surface area contributed by atoms with Crippen LogP contribution in [0.2, 0.25) is 0 Å². The zero-order valence-electron chi connectivity index (χ0n) is 14.9. The highest BCUT2D eigenvalue weighted by Crippen LogP contribution is 2.36. The topological polar surface area (TPSA) is 47.2 Å². The van der Waals surface area contributed by atoms with Gasteiger partial charge in [-0.2, -0.15) is 5.26 Å². The predicted molar refractivity (Wildman–Crippen MR) is 100 cm³/mol. The molecule has 0 atom stereocenters. The fourth-order valence-corrected chi connectivity index (χ4v) is 3.32.